The molecule has 0 aliphatic carbocycles. The third kappa shape index (κ3) is 7.64. The van der Waals surface area contributed by atoms with Crippen LogP contribution in [0, 0.1) is 5.92 Å². The fourth-order valence-electron chi connectivity index (χ4n) is 2.25. The van der Waals surface area contributed by atoms with Crippen molar-refractivity contribution in [1.29, 1.82) is 0 Å². The molecule has 0 aromatic heterocycles. The van der Waals surface area contributed by atoms with E-state index in [4.69, 9.17) is 0 Å². The Hall–Kier alpha value is -1.64. The average molecular weight is 289 g/mol. The van der Waals surface area contributed by atoms with Crippen LogP contribution < -0.4 is 5.32 Å². The Balaban J connectivity index is 2.23. The van der Waals surface area contributed by atoms with E-state index in [-0.39, 0.29) is 30.6 Å². The molecule has 0 fully saturated rings. The quantitative estimate of drug-likeness (QED) is 0.699. The molecule has 1 aromatic rings. The number of carbonyl (C=O) groups excluding carboxylic acids is 2. The molecule has 1 aromatic carbocycles. The van der Waals surface area contributed by atoms with Crippen LogP contribution in [-0.2, 0) is 4.79 Å². The maximum Gasteiger partial charge on any atom is 0.220 e. The molecule has 0 aliphatic rings. The third-order valence-corrected chi connectivity index (χ3v) is 3.50. The van der Waals surface area contributed by atoms with Crippen molar-refractivity contribution in [2.24, 2.45) is 5.92 Å². The summed E-state index contributed by atoms with van der Waals surface area (Å²) in [5.74, 6) is 0.700. The predicted molar refractivity (Wildman–Crippen MR) is 86.3 cm³/mol. The van der Waals surface area contributed by atoms with Gasteiger partial charge in [-0.15, -0.1) is 0 Å². The van der Waals surface area contributed by atoms with E-state index in [1.165, 1.54) is 6.42 Å². The molecule has 3 nitrogen and oxygen atoms in total. The fourth-order valence-corrected chi connectivity index (χ4v) is 2.25. The number of benzene rings is 1. The second-order valence-electron chi connectivity index (χ2n) is 6.08. The lowest BCUT2D eigenvalue weighted by molar-refractivity contribution is -0.121. The fraction of sp³-hybridized carbons (Fsp3) is 0.556. The number of hydrogen-bond donors (Lipinski definition) is 1. The molecule has 21 heavy (non-hydrogen) atoms. The van der Waals surface area contributed by atoms with E-state index in [2.05, 4.69) is 19.2 Å². The van der Waals surface area contributed by atoms with E-state index in [0.29, 0.717) is 11.5 Å². The van der Waals surface area contributed by atoms with Gasteiger partial charge in [0, 0.05) is 24.4 Å². The number of rotatable bonds is 9. The molecular weight excluding hydrogens is 262 g/mol. The summed E-state index contributed by atoms with van der Waals surface area (Å²) in [4.78, 5) is 23.7. The highest BCUT2D eigenvalue weighted by atomic mass is 16.2. The largest absolute Gasteiger partial charge is 0.354 e. The third-order valence-electron chi connectivity index (χ3n) is 3.50. The maximum atomic E-state index is 11.9. The minimum absolute atomic E-state index is 0.0261. The van der Waals surface area contributed by atoms with E-state index in [0.717, 1.165) is 12.8 Å². The first-order chi connectivity index (χ1) is 9.99. The Morgan fingerprint density at radius 1 is 1.00 bits per heavy atom. The maximum absolute atomic E-state index is 11.9. The monoisotopic (exact) mass is 289 g/mol. The molecule has 0 radical (unpaired) electrons. The van der Waals surface area contributed by atoms with Gasteiger partial charge in [-0.1, -0.05) is 57.0 Å². The van der Waals surface area contributed by atoms with E-state index < -0.39 is 0 Å². The highest BCUT2D eigenvalue weighted by Crippen LogP contribution is 2.09. The molecule has 0 bridgehead atoms. The summed E-state index contributed by atoms with van der Waals surface area (Å²) in [6, 6.07) is 9.31. The Morgan fingerprint density at radius 2 is 1.67 bits per heavy atom. The summed E-state index contributed by atoms with van der Waals surface area (Å²) in [6.07, 6.45) is 3.85. The van der Waals surface area contributed by atoms with Crippen LogP contribution in [0.4, 0.5) is 0 Å². The minimum atomic E-state index is -0.0312. The number of ketones is 1. The van der Waals surface area contributed by atoms with Gasteiger partial charge in [-0.2, -0.15) is 0 Å². The molecule has 116 valence electrons. The lowest BCUT2D eigenvalue weighted by Crippen LogP contribution is -2.32. The lowest BCUT2D eigenvalue weighted by Gasteiger charge is -2.14. The highest BCUT2D eigenvalue weighted by molar-refractivity contribution is 5.97. The van der Waals surface area contributed by atoms with Crippen molar-refractivity contribution in [2.75, 3.05) is 0 Å². The van der Waals surface area contributed by atoms with Gasteiger partial charge in [0.2, 0.25) is 5.91 Å². The summed E-state index contributed by atoms with van der Waals surface area (Å²) >= 11 is 0. The Labute approximate surface area is 128 Å². The van der Waals surface area contributed by atoms with Crippen LogP contribution in [0.1, 0.15) is 63.2 Å². The van der Waals surface area contributed by atoms with Crippen molar-refractivity contribution >= 4 is 11.7 Å². The van der Waals surface area contributed by atoms with Gasteiger partial charge < -0.3 is 5.32 Å². The van der Waals surface area contributed by atoms with Crippen LogP contribution in [0.3, 0.4) is 0 Å². The van der Waals surface area contributed by atoms with E-state index in [1.54, 1.807) is 12.1 Å². The number of carbonyl (C=O) groups is 2. The van der Waals surface area contributed by atoms with Crippen LogP contribution in [-0.4, -0.2) is 17.7 Å². The SMILES string of the molecule is CC(C)CCCC(C)NC(=O)CCC(=O)c1ccccc1. The highest BCUT2D eigenvalue weighted by Gasteiger charge is 2.11. The van der Waals surface area contributed by atoms with Crippen LogP contribution in [0.25, 0.3) is 0 Å². The molecule has 0 heterocycles. The van der Waals surface area contributed by atoms with Crippen LogP contribution in [0.5, 0.6) is 0 Å². The van der Waals surface area contributed by atoms with Crippen molar-refractivity contribution in [3.8, 4) is 0 Å². The first kappa shape index (κ1) is 17.4. The molecule has 1 atom stereocenters. The Morgan fingerprint density at radius 3 is 2.29 bits per heavy atom. The van der Waals surface area contributed by atoms with E-state index in [9.17, 15) is 9.59 Å². The standard InChI is InChI=1S/C18H27NO2/c1-14(2)8-7-9-15(3)19-18(21)13-12-17(20)16-10-5-4-6-11-16/h4-6,10-11,14-15H,7-9,12-13H2,1-3H3,(H,19,21). The Kier molecular flexibility index (Phi) is 7.73. The van der Waals surface area contributed by atoms with Gasteiger partial charge in [0.1, 0.15) is 0 Å². The van der Waals surface area contributed by atoms with Gasteiger partial charge >= 0.3 is 0 Å². The zero-order valence-corrected chi connectivity index (χ0v) is 13.4. The van der Waals surface area contributed by atoms with Crippen molar-refractivity contribution in [3.05, 3.63) is 35.9 Å². The zero-order chi connectivity index (χ0) is 15.7. The smallest absolute Gasteiger partial charge is 0.220 e. The van der Waals surface area contributed by atoms with Crippen LogP contribution in [0.2, 0.25) is 0 Å². The van der Waals surface area contributed by atoms with Crippen LogP contribution in [0.15, 0.2) is 30.3 Å². The summed E-state index contributed by atoms with van der Waals surface area (Å²) in [6.45, 7) is 6.44. The molecule has 1 N–H and O–H groups in total. The first-order valence-corrected chi connectivity index (χ1v) is 7.86. The van der Waals surface area contributed by atoms with Crippen molar-refractivity contribution < 1.29 is 9.59 Å². The number of hydrogen-bond acceptors (Lipinski definition) is 2. The first-order valence-electron chi connectivity index (χ1n) is 7.86. The number of nitrogens with one attached hydrogen (secondary N) is 1. The summed E-state index contributed by atoms with van der Waals surface area (Å²) in [5.41, 5.74) is 0.676. The van der Waals surface area contributed by atoms with E-state index in [1.807, 2.05) is 25.1 Å². The zero-order valence-electron chi connectivity index (χ0n) is 13.4. The summed E-state index contributed by atoms with van der Waals surface area (Å²) in [7, 11) is 0. The molecule has 0 aliphatic heterocycles. The normalized spacial score (nSPS) is 12.2. The number of amides is 1. The molecule has 1 unspecified atom stereocenters. The Bertz CT molecular complexity index is 440. The molecule has 0 saturated carbocycles. The summed E-state index contributed by atoms with van der Waals surface area (Å²) < 4.78 is 0. The van der Waals surface area contributed by atoms with Crippen molar-refractivity contribution in [1.82, 2.24) is 5.32 Å². The molecule has 0 spiro atoms. The second-order valence-corrected chi connectivity index (χ2v) is 6.08. The minimum Gasteiger partial charge on any atom is -0.354 e. The molecule has 1 rings (SSSR count). The van der Waals surface area contributed by atoms with Crippen molar-refractivity contribution in [3.63, 3.8) is 0 Å². The number of Topliss-reactive ketones (excluding diaryl/α,β-unsaturated/α-hetero) is 1. The second kappa shape index (κ2) is 9.32. The van der Waals surface area contributed by atoms with Gasteiger partial charge in [0.25, 0.3) is 0 Å². The summed E-state index contributed by atoms with van der Waals surface area (Å²) in [5, 5.41) is 2.97. The lowest BCUT2D eigenvalue weighted by atomic mass is 10.0. The van der Waals surface area contributed by atoms with Gasteiger partial charge in [-0.05, 0) is 19.3 Å². The van der Waals surface area contributed by atoms with Crippen LogP contribution >= 0.6 is 0 Å². The topological polar surface area (TPSA) is 46.2 Å². The molecular formula is C18H27NO2. The van der Waals surface area contributed by atoms with Gasteiger partial charge in [0.15, 0.2) is 5.78 Å². The molecule has 0 saturated heterocycles. The van der Waals surface area contributed by atoms with Gasteiger partial charge in [-0.3, -0.25) is 9.59 Å². The van der Waals surface area contributed by atoms with Gasteiger partial charge in [0.05, 0.1) is 0 Å². The van der Waals surface area contributed by atoms with E-state index >= 15 is 0 Å². The average Bonchev–Trinajstić information content (AvgIpc) is 2.45. The van der Waals surface area contributed by atoms with Gasteiger partial charge in [-0.25, -0.2) is 0 Å². The molecule has 3 heteroatoms. The molecule has 1 amide bonds. The van der Waals surface area contributed by atoms with Crippen molar-refractivity contribution in [2.45, 2.75) is 58.9 Å². The predicted octanol–water partition coefficient (Wildman–Crippen LogP) is 3.98.